The smallest absolute Gasteiger partial charge is 0.256 e. The van der Waals surface area contributed by atoms with Gasteiger partial charge in [0, 0.05) is 31.7 Å². The van der Waals surface area contributed by atoms with E-state index in [2.05, 4.69) is 15.5 Å². The molecule has 7 heteroatoms. The molecule has 7 nitrogen and oxygen atoms in total. The zero-order valence-electron chi connectivity index (χ0n) is 11.0. The Morgan fingerprint density at radius 1 is 1.42 bits per heavy atom. The average molecular weight is 265 g/mol. The van der Waals surface area contributed by atoms with Crippen LogP contribution in [-0.2, 0) is 4.79 Å². The number of hydrogen-bond acceptors (Lipinski definition) is 4. The number of carbonyl (C=O) groups is 2. The number of hydrogen-bond donors (Lipinski definition) is 3. The van der Waals surface area contributed by atoms with E-state index < -0.39 is 0 Å². The fourth-order valence-corrected chi connectivity index (χ4v) is 2.23. The van der Waals surface area contributed by atoms with Crippen LogP contribution in [0.15, 0.2) is 0 Å². The maximum absolute atomic E-state index is 11.9. The highest BCUT2D eigenvalue weighted by Gasteiger charge is 2.19. The van der Waals surface area contributed by atoms with Crippen LogP contribution in [0.4, 0.5) is 5.82 Å². The molecule has 2 rings (SSSR count). The van der Waals surface area contributed by atoms with Crippen molar-refractivity contribution < 1.29 is 9.59 Å². The minimum Gasteiger partial charge on any atom is -0.382 e. The fraction of sp³-hybridized carbons (Fsp3) is 0.583. The predicted octanol–water partition coefficient (Wildman–Crippen LogP) is 0.0426. The van der Waals surface area contributed by atoms with E-state index >= 15 is 0 Å². The lowest BCUT2D eigenvalue weighted by atomic mass is 10.2. The van der Waals surface area contributed by atoms with Crippen LogP contribution in [0, 0.1) is 6.92 Å². The van der Waals surface area contributed by atoms with E-state index in [1.54, 1.807) is 6.92 Å². The Hall–Kier alpha value is -2.05. The summed E-state index contributed by atoms with van der Waals surface area (Å²) in [4.78, 5) is 25.5. The minimum absolute atomic E-state index is 0.0923. The molecule has 1 aromatic heterocycles. The molecule has 0 bridgehead atoms. The van der Waals surface area contributed by atoms with E-state index in [0.717, 1.165) is 25.9 Å². The van der Waals surface area contributed by atoms with Crippen molar-refractivity contribution >= 4 is 17.6 Å². The highest BCUT2D eigenvalue weighted by molar-refractivity contribution is 5.99. The molecule has 19 heavy (non-hydrogen) atoms. The maximum atomic E-state index is 11.9. The number of aromatic nitrogens is 2. The van der Waals surface area contributed by atoms with Crippen molar-refractivity contribution in [2.75, 3.05) is 25.4 Å². The first-order valence-electron chi connectivity index (χ1n) is 6.46. The number of aryl methyl sites for hydroxylation is 1. The standard InChI is InChI=1S/C12H19N5O2/c1-8-10(11(13)16-15-8)12(19)14-5-4-9(18)17-6-2-3-7-17/h2-7H2,1H3,(H,14,19)(H3,13,15,16). The van der Waals surface area contributed by atoms with Gasteiger partial charge in [0.1, 0.15) is 5.56 Å². The summed E-state index contributed by atoms with van der Waals surface area (Å²) >= 11 is 0. The highest BCUT2D eigenvalue weighted by atomic mass is 16.2. The number of anilines is 1. The summed E-state index contributed by atoms with van der Waals surface area (Å²) in [5.74, 6) is -0.0199. The number of H-pyrrole nitrogens is 1. The van der Waals surface area contributed by atoms with Crippen LogP contribution in [0.1, 0.15) is 35.3 Å². The average Bonchev–Trinajstić information content (AvgIpc) is 2.99. The molecule has 0 aliphatic carbocycles. The number of amides is 2. The molecule has 1 aromatic rings. The van der Waals surface area contributed by atoms with Crippen LogP contribution < -0.4 is 11.1 Å². The van der Waals surface area contributed by atoms with Gasteiger partial charge in [0.05, 0.1) is 0 Å². The molecule has 0 aromatic carbocycles. The Morgan fingerprint density at radius 2 is 2.11 bits per heavy atom. The summed E-state index contributed by atoms with van der Waals surface area (Å²) in [5, 5.41) is 9.11. The molecule has 0 atom stereocenters. The predicted molar refractivity (Wildman–Crippen MR) is 70.5 cm³/mol. The van der Waals surface area contributed by atoms with Crippen molar-refractivity contribution in [2.45, 2.75) is 26.2 Å². The van der Waals surface area contributed by atoms with E-state index in [0.29, 0.717) is 24.2 Å². The summed E-state index contributed by atoms with van der Waals surface area (Å²) in [5.41, 5.74) is 6.58. The van der Waals surface area contributed by atoms with Crippen molar-refractivity contribution in [3.05, 3.63) is 11.3 Å². The first-order chi connectivity index (χ1) is 9.09. The number of rotatable bonds is 4. The summed E-state index contributed by atoms with van der Waals surface area (Å²) in [7, 11) is 0. The van der Waals surface area contributed by atoms with Crippen molar-refractivity contribution in [1.82, 2.24) is 20.4 Å². The summed E-state index contributed by atoms with van der Waals surface area (Å²) in [6, 6.07) is 0. The van der Waals surface area contributed by atoms with Crippen molar-refractivity contribution in [3.63, 3.8) is 0 Å². The van der Waals surface area contributed by atoms with Gasteiger partial charge in [-0.1, -0.05) is 0 Å². The quantitative estimate of drug-likeness (QED) is 0.715. The van der Waals surface area contributed by atoms with Crippen molar-refractivity contribution in [1.29, 1.82) is 0 Å². The number of nitrogens with one attached hydrogen (secondary N) is 2. The lowest BCUT2D eigenvalue weighted by Crippen LogP contribution is -2.33. The molecule has 4 N–H and O–H groups in total. The minimum atomic E-state index is -0.294. The van der Waals surface area contributed by atoms with Gasteiger partial charge in [0.15, 0.2) is 5.82 Å². The van der Waals surface area contributed by atoms with Crippen LogP contribution in [0.3, 0.4) is 0 Å². The molecule has 1 fully saturated rings. The molecular formula is C12H19N5O2. The SMILES string of the molecule is Cc1[nH]nc(N)c1C(=O)NCCC(=O)N1CCCC1. The summed E-state index contributed by atoms with van der Waals surface area (Å²) in [6.07, 6.45) is 2.47. The summed E-state index contributed by atoms with van der Waals surface area (Å²) in [6.45, 7) is 3.72. The molecule has 104 valence electrons. The maximum Gasteiger partial charge on any atom is 0.256 e. The van der Waals surface area contributed by atoms with Crippen LogP contribution in [0.5, 0.6) is 0 Å². The first-order valence-corrected chi connectivity index (χ1v) is 6.46. The van der Waals surface area contributed by atoms with Gasteiger partial charge in [-0.15, -0.1) is 0 Å². The van der Waals surface area contributed by atoms with Gasteiger partial charge in [0.2, 0.25) is 5.91 Å². The van der Waals surface area contributed by atoms with Gasteiger partial charge >= 0.3 is 0 Å². The van der Waals surface area contributed by atoms with E-state index in [9.17, 15) is 9.59 Å². The van der Waals surface area contributed by atoms with Crippen LogP contribution >= 0.6 is 0 Å². The fourth-order valence-electron chi connectivity index (χ4n) is 2.23. The number of carbonyl (C=O) groups excluding carboxylic acids is 2. The number of nitrogens with zero attached hydrogens (tertiary/aromatic N) is 2. The largest absolute Gasteiger partial charge is 0.382 e. The van der Waals surface area contributed by atoms with Gasteiger partial charge in [-0.05, 0) is 19.8 Å². The third kappa shape index (κ3) is 3.04. The molecule has 2 amide bonds. The Morgan fingerprint density at radius 3 is 2.68 bits per heavy atom. The molecule has 0 unspecified atom stereocenters. The molecule has 0 radical (unpaired) electrons. The summed E-state index contributed by atoms with van der Waals surface area (Å²) < 4.78 is 0. The second-order valence-electron chi connectivity index (χ2n) is 4.70. The third-order valence-corrected chi connectivity index (χ3v) is 3.29. The molecular weight excluding hydrogens is 246 g/mol. The van der Waals surface area contributed by atoms with Crippen molar-refractivity contribution in [3.8, 4) is 0 Å². The molecule has 0 spiro atoms. The second kappa shape index (κ2) is 5.73. The first kappa shape index (κ1) is 13.4. The van der Waals surface area contributed by atoms with Crippen LogP contribution in [0.25, 0.3) is 0 Å². The lowest BCUT2D eigenvalue weighted by Gasteiger charge is -2.15. The molecule has 1 aliphatic rings. The molecule has 1 aliphatic heterocycles. The van der Waals surface area contributed by atoms with Crippen molar-refractivity contribution in [2.24, 2.45) is 0 Å². The Balaban J connectivity index is 1.79. The second-order valence-corrected chi connectivity index (χ2v) is 4.70. The Bertz CT molecular complexity index is 457. The van der Waals surface area contributed by atoms with E-state index in [1.165, 1.54) is 0 Å². The monoisotopic (exact) mass is 265 g/mol. The van der Waals surface area contributed by atoms with E-state index in [4.69, 9.17) is 5.73 Å². The van der Waals surface area contributed by atoms with Gasteiger partial charge < -0.3 is 16.0 Å². The third-order valence-electron chi connectivity index (χ3n) is 3.29. The number of aromatic amines is 1. The molecule has 1 saturated heterocycles. The normalized spacial score (nSPS) is 14.7. The topological polar surface area (TPSA) is 104 Å². The molecule has 0 saturated carbocycles. The Kier molecular flexibility index (Phi) is 4.03. The number of nitrogen functional groups attached to an aromatic ring is 1. The van der Waals surface area contributed by atoms with Gasteiger partial charge in [-0.2, -0.15) is 5.10 Å². The van der Waals surface area contributed by atoms with Gasteiger partial charge in [-0.25, -0.2) is 0 Å². The molecule has 2 heterocycles. The number of likely N-dealkylation sites (tertiary alicyclic amines) is 1. The highest BCUT2D eigenvalue weighted by Crippen LogP contribution is 2.12. The van der Waals surface area contributed by atoms with Crippen LogP contribution in [0.2, 0.25) is 0 Å². The van der Waals surface area contributed by atoms with Gasteiger partial charge in [-0.3, -0.25) is 14.7 Å². The number of nitrogens with two attached hydrogens (primary N) is 1. The van der Waals surface area contributed by atoms with E-state index in [-0.39, 0.29) is 17.6 Å². The van der Waals surface area contributed by atoms with Gasteiger partial charge in [0.25, 0.3) is 5.91 Å². The lowest BCUT2D eigenvalue weighted by molar-refractivity contribution is -0.129. The van der Waals surface area contributed by atoms with Crippen LogP contribution in [-0.4, -0.2) is 46.5 Å². The zero-order valence-corrected chi connectivity index (χ0v) is 11.0. The zero-order chi connectivity index (χ0) is 13.8. The van der Waals surface area contributed by atoms with E-state index in [1.807, 2.05) is 4.90 Å². The Labute approximate surface area is 111 Å².